The van der Waals surface area contributed by atoms with Gasteiger partial charge < -0.3 is 14.1 Å². The Hall–Kier alpha value is -4.33. The van der Waals surface area contributed by atoms with Crippen LogP contribution in [0.1, 0.15) is 39.2 Å². The van der Waals surface area contributed by atoms with Gasteiger partial charge in [0.25, 0.3) is 0 Å². The molecule has 1 N–H and O–H groups in total. The van der Waals surface area contributed by atoms with E-state index >= 15 is 0 Å². The lowest BCUT2D eigenvalue weighted by Crippen LogP contribution is -2.14. The number of carboxylic acids is 1. The molecule has 4 aromatic rings. The molecule has 6 nitrogen and oxygen atoms in total. The number of nitrogens with zero attached hydrogens (tertiary/aromatic N) is 2. The number of Topliss-reactive ketones (excluding diaryl/α,β-unsaturated/α-hetero) is 1. The van der Waals surface area contributed by atoms with Crippen LogP contribution in [-0.2, 0) is 17.9 Å². The van der Waals surface area contributed by atoms with Crippen molar-refractivity contribution in [1.29, 1.82) is 0 Å². The molecule has 3 heterocycles. The van der Waals surface area contributed by atoms with Crippen LogP contribution in [0.5, 0.6) is 0 Å². The highest BCUT2D eigenvalue weighted by atomic mass is 19.1. The lowest BCUT2D eigenvalue weighted by molar-refractivity contribution is -0.113. The maximum absolute atomic E-state index is 15.0. The molecular formula is C26H16F2N2O4. The molecule has 2 aromatic heterocycles. The van der Waals surface area contributed by atoms with Crippen molar-refractivity contribution in [3.05, 3.63) is 88.3 Å². The molecule has 1 aliphatic carbocycles. The average Bonchev–Trinajstić information content (AvgIpc) is 3.52. The zero-order valence-corrected chi connectivity index (χ0v) is 17.6. The first kappa shape index (κ1) is 20.3. The number of carbonyl (C=O) groups is 2. The third kappa shape index (κ3) is 2.88. The highest BCUT2D eigenvalue weighted by Crippen LogP contribution is 2.40. The molecule has 0 saturated heterocycles. The summed E-state index contributed by atoms with van der Waals surface area (Å²) >= 11 is 0. The molecule has 0 saturated carbocycles. The highest BCUT2D eigenvalue weighted by molar-refractivity contribution is 6.29. The Morgan fingerprint density at radius 1 is 1.21 bits per heavy atom. The number of halogens is 2. The Labute approximate surface area is 191 Å². The van der Waals surface area contributed by atoms with E-state index in [0.717, 1.165) is 5.56 Å². The van der Waals surface area contributed by atoms with Gasteiger partial charge >= 0.3 is 5.97 Å². The SMILES string of the molecule is O=C1CC=CC=C1c1c(C(=O)O)n(Cc2cc3c(cc2F)C=NC3)c2cc(F)c3ccoc3c12. The Morgan fingerprint density at radius 2 is 2.06 bits per heavy atom. The van der Waals surface area contributed by atoms with Crippen LogP contribution in [0.3, 0.4) is 0 Å². The standard InChI is InChI=1S/C26H16F2N2O4/c27-18-8-14-11-29-10-13(14)7-15(18)12-30-20-9-19(28)16-5-6-34-25(16)23(20)22(24(30)26(32)33)17-3-1-2-4-21(17)31/h1-3,5-9,11H,4,10,12H2,(H,32,33). The summed E-state index contributed by atoms with van der Waals surface area (Å²) in [5.74, 6) is -2.72. The van der Waals surface area contributed by atoms with Crippen molar-refractivity contribution >= 4 is 45.4 Å². The summed E-state index contributed by atoms with van der Waals surface area (Å²) < 4.78 is 36.9. The van der Waals surface area contributed by atoms with E-state index in [1.165, 1.54) is 29.0 Å². The first-order valence-corrected chi connectivity index (χ1v) is 10.6. The largest absolute Gasteiger partial charge is 0.477 e. The van der Waals surface area contributed by atoms with E-state index in [-0.39, 0.29) is 57.6 Å². The van der Waals surface area contributed by atoms with Crippen LogP contribution in [0.25, 0.3) is 27.4 Å². The van der Waals surface area contributed by atoms with Crippen LogP contribution in [0.15, 0.2) is 58.2 Å². The molecule has 0 atom stereocenters. The molecule has 168 valence electrons. The summed E-state index contributed by atoms with van der Waals surface area (Å²) in [6, 6.07) is 5.66. The van der Waals surface area contributed by atoms with Gasteiger partial charge in [-0.25, -0.2) is 13.6 Å². The summed E-state index contributed by atoms with van der Waals surface area (Å²) in [5.41, 5.74) is 2.16. The minimum absolute atomic E-state index is 0.111. The number of hydrogen-bond donors (Lipinski definition) is 1. The molecule has 6 rings (SSSR count). The molecule has 0 unspecified atom stereocenters. The first-order chi connectivity index (χ1) is 16.4. The number of rotatable bonds is 4. The second kappa shape index (κ2) is 7.34. The van der Waals surface area contributed by atoms with Gasteiger partial charge in [-0.05, 0) is 29.8 Å². The van der Waals surface area contributed by atoms with Crippen LogP contribution in [0.4, 0.5) is 8.78 Å². The maximum atomic E-state index is 15.0. The van der Waals surface area contributed by atoms with Crippen molar-refractivity contribution in [2.24, 2.45) is 4.99 Å². The number of ketones is 1. The second-order valence-electron chi connectivity index (χ2n) is 8.28. The fraction of sp³-hybridized carbons (Fsp3) is 0.115. The van der Waals surface area contributed by atoms with Crippen LogP contribution in [0.2, 0.25) is 0 Å². The van der Waals surface area contributed by atoms with Gasteiger partial charge in [-0.15, -0.1) is 0 Å². The maximum Gasteiger partial charge on any atom is 0.353 e. The van der Waals surface area contributed by atoms with E-state index in [4.69, 9.17) is 4.42 Å². The van der Waals surface area contributed by atoms with Crippen molar-refractivity contribution in [1.82, 2.24) is 4.57 Å². The van der Waals surface area contributed by atoms with Crippen molar-refractivity contribution in [3.8, 4) is 0 Å². The first-order valence-electron chi connectivity index (χ1n) is 10.6. The number of benzene rings is 2. The molecule has 2 aromatic carbocycles. The van der Waals surface area contributed by atoms with Crippen molar-refractivity contribution < 1.29 is 27.9 Å². The molecule has 0 spiro atoms. The minimum Gasteiger partial charge on any atom is -0.477 e. The molecule has 0 radical (unpaired) electrons. The van der Waals surface area contributed by atoms with Crippen LogP contribution in [-0.4, -0.2) is 27.6 Å². The third-order valence-corrected chi connectivity index (χ3v) is 6.32. The second-order valence-corrected chi connectivity index (χ2v) is 8.28. The Kier molecular flexibility index (Phi) is 4.38. The van der Waals surface area contributed by atoms with Gasteiger partial charge in [0.2, 0.25) is 0 Å². The van der Waals surface area contributed by atoms with Gasteiger partial charge in [0.05, 0.1) is 35.6 Å². The number of aromatic carboxylic acids is 1. The van der Waals surface area contributed by atoms with E-state index in [1.807, 2.05) is 0 Å². The third-order valence-electron chi connectivity index (χ3n) is 6.32. The zero-order chi connectivity index (χ0) is 23.6. The van der Waals surface area contributed by atoms with E-state index in [9.17, 15) is 23.5 Å². The van der Waals surface area contributed by atoms with Gasteiger partial charge in [0, 0.05) is 34.9 Å². The Bertz CT molecular complexity index is 1650. The molecule has 1 aliphatic heterocycles. The van der Waals surface area contributed by atoms with Crippen LogP contribution < -0.4 is 0 Å². The summed E-state index contributed by atoms with van der Waals surface area (Å²) in [6.07, 6.45) is 7.91. The fourth-order valence-electron chi connectivity index (χ4n) is 4.79. The normalized spacial score (nSPS) is 14.9. The van der Waals surface area contributed by atoms with Gasteiger partial charge in [0.15, 0.2) is 5.78 Å². The summed E-state index contributed by atoms with van der Waals surface area (Å²) in [4.78, 5) is 29.5. The predicted molar refractivity (Wildman–Crippen MR) is 122 cm³/mol. The fourth-order valence-corrected chi connectivity index (χ4v) is 4.79. The monoisotopic (exact) mass is 458 g/mol. The van der Waals surface area contributed by atoms with Gasteiger partial charge in [0.1, 0.15) is 22.9 Å². The topological polar surface area (TPSA) is 84.8 Å². The number of hydrogen-bond acceptors (Lipinski definition) is 4. The van der Waals surface area contributed by atoms with Gasteiger partial charge in [-0.3, -0.25) is 9.79 Å². The summed E-state index contributed by atoms with van der Waals surface area (Å²) in [7, 11) is 0. The smallest absolute Gasteiger partial charge is 0.353 e. The lowest BCUT2D eigenvalue weighted by Gasteiger charge is -2.13. The zero-order valence-electron chi connectivity index (χ0n) is 17.6. The Balaban J connectivity index is 1.70. The van der Waals surface area contributed by atoms with Gasteiger partial charge in [-0.1, -0.05) is 18.2 Å². The van der Waals surface area contributed by atoms with Crippen LogP contribution >= 0.6 is 0 Å². The van der Waals surface area contributed by atoms with Crippen LogP contribution in [0, 0.1) is 11.6 Å². The summed E-state index contributed by atoms with van der Waals surface area (Å²) in [5, 5.41) is 10.7. The number of fused-ring (bicyclic) bond motifs is 4. The molecule has 34 heavy (non-hydrogen) atoms. The van der Waals surface area contributed by atoms with Crippen molar-refractivity contribution in [2.75, 3.05) is 0 Å². The number of furan rings is 1. The molecule has 0 amide bonds. The van der Waals surface area contributed by atoms with E-state index in [1.54, 1.807) is 30.5 Å². The molecule has 8 heteroatoms. The predicted octanol–water partition coefficient (Wildman–Crippen LogP) is 5.26. The van der Waals surface area contributed by atoms with Crippen molar-refractivity contribution in [3.63, 3.8) is 0 Å². The number of carboxylic acid groups (broad SMARTS) is 1. The van der Waals surface area contributed by atoms with Crippen molar-refractivity contribution in [2.45, 2.75) is 19.5 Å². The molecule has 2 aliphatic rings. The quantitative estimate of drug-likeness (QED) is 0.452. The Morgan fingerprint density at radius 3 is 2.85 bits per heavy atom. The van der Waals surface area contributed by atoms with E-state index < -0.39 is 17.6 Å². The van der Waals surface area contributed by atoms with E-state index in [2.05, 4.69) is 4.99 Å². The minimum atomic E-state index is -1.32. The molecule has 0 fully saturated rings. The highest BCUT2D eigenvalue weighted by Gasteiger charge is 2.31. The number of aromatic nitrogens is 1. The lowest BCUT2D eigenvalue weighted by atomic mass is 9.93. The average molecular weight is 458 g/mol. The molecular weight excluding hydrogens is 442 g/mol. The number of aliphatic imine (C=N–C) groups is 1. The number of allylic oxidation sites excluding steroid dienone is 4. The number of carbonyl (C=O) groups excluding carboxylic acids is 1. The molecule has 0 bridgehead atoms. The van der Waals surface area contributed by atoms with Gasteiger partial charge in [-0.2, -0.15) is 0 Å². The van der Waals surface area contributed by atoms with E-state index in [0.29, 0.717) is 17.5 Å². The summed E-state index contributed by atoms with van der Waals surface area (Å²) in [6.45, 7) is 0.224.